The number of fused-ring (bicyclic) bond motifs is 2. The number of phenols is 1. The number of nitrogens with zero attached hydrogens (tertiary/aromatic N) is 2. The molecule has 2 aromatic carbocycles. The summed E-state index contributed by atoms with van der Waals surface area (Å²) in [4.78, 5) is 17.1. The number of rotatable bonds is 2. The average molecular weight is 378 g/mol. The highest BCUT2D eigenvalue weighted by atomic mass is 19.2. The van der Waals surface area contributed by atoms with Crippen molar-refractivity contribution in [2.45, 2.75) is 6.42 Å². The number of pyridine rings is 1. The Morgan fingerprint density at radius 3 is 2.79 bits per heavy atom. The van der Waals surface area contributed by atoms with Gasteiger partial charge in [-0.3, -0.25) is 4.79 Å². The molecule has 3 N–H and O–H groups in total. The van der Waals surface area contributed by atoms with Gasteiger partial charge in [-0.2, -0.15) is 9.65 Å². The van der Waals surface area contributed by atoms with Crippen LogP contribution in [0.25, 0.3) is 0 Å². The number of phenolic OH excluding ortho intramolecular Hbond substituents is 1. The number of aromatic hydroxyl groups is 1. The van der Waals surface area contributed by atoms with Gasteiger partial charge in [0.1, 0.15) is 5.82 Å². The van der Waals surface area contributed by atoms with E-state index in [1.54, 1.807) is 18.2 Å². The summed E-state index contributed by atoms with van der Waals surface area (Å²) in [6.45, 7) is 0. The Bertz CT molecular complexity index is 1150. The number of ketones is 1. The van der Waals surface area contributed by atoms with Crippen LogP contribution in [0.5, 0.6) is 5.75 Å². The monoisotopic (exact) mass is 378 g/mol. The number of halogens is 2. The first-order chi connectivity index (χ1) is 13.5. The van der Waals surface area contributed by atoms with Crippen LogP contribution in [0.4, 0.5) is 31.7 Å². The van der Waals surface area contributed by atoms with E-state index in [-0.39, 0.29) is 23.5 Å². The molecule has 4 rings (SSSR count). The van der Waals surface area contributed by atoms with E-state index in [1.165, 1.54) is 12.3 Å². The molecule has 0 spiro atoms. The number of hydrogen-bond acceptors (Lipinski definition) is 6. The van der Waals surface area contributed by atoms with Gasteiger partial charge in [-0.1, -0.05) is 0 Å². The minimum atomic E-state index is -1.35. The van der Waals surface area contributed by atoms with Crippen LogP contribution in [0, 0.1) is 23.0 Å². The number of Topliss-reactive ketones (excluding diaryl/α,β-unsaturated/α-hetero) is 1. The van der Waals surface area contributed by atoms with Crippen molar-refractivity contribution in [3.8, 4) is 11.8 Å². The molecule has 2 heterocycles. The lowest BCUT2D eigenvalue weighted by Gasteiger charge is -2.14. The third-order valence-corrected chi connectivity index (χ3v) is 4.36. The highest BCUT2D eigenvalue weighted by Gasteiger charge is 2.24. The van der Waals surface area contributed by atoms with Gasteiger partial charge in [-0.05, 0) is 29.8 Å². The van der Waals surface area contributed by atoms with Crippen molar-refractivity contribution in [1.82, 2.24) is 4.98 Å². The van der Waals surface area contributed by atoms with Gasteiger partial charge in [0.2, 0.25) is 0 Å². The molecule has 0 fully saturated rings. The maximum atomic E-state index is 13.6. The number of nitriles is 1. The molecule has 6 nitrogen and oxygen atoms in total. The number of hydrogen-bond donors (Lipinski definition) is 3. The van der Waals surface area contributed by atoms with Crippen molar-refractivity contribution in [3.05, 3.63) is 70.9 Å². The standard InChI is InChI=1S/C20H12F2N4O2/c21-13-7-12(8-17(28)19(13)22)25-15-3-4-24-20-18(15)16(27)6-11-5-10(9-23)1-2-14(11)26-20/h1-5,7-8,28H,6H2,(H2,24,25,26). The Balaban J connectivity index is 1.76. The Hall–Kier alpha value is -3.99. The summed E-state index contributed by atoms with van der Waals surface area (Å²) in [5.41, 5.74) is 2.37. The molecular formula is C20H12F2N4O2. The van der Waals surface area contributed by atoms with Gasteiger partial charge in [-0.15, -0.1) is 0 Å². The third-order valence-electron chi connectivity index (χ3n) is 4.36. The number of nitrogens with one attached hydrogen (secondary N) is 2. The maximum Gasteiger partial charge on any atom is 0.200 e. The number of carbonyl (C=O) groups is 1. The molecule has 0 saturated carbocycles. The second kappa shape index (κ2) is 6.63. The van der Waals surface area contributed by atoms with Gasteiger partial charge >= 0.3 is 0 Å². The van der Waals surface area contributed by atoms with E-state index in [2.05, 4.69) is 15.6 Å². The van der Waals surface area contributed by atoms with Gasteiger partial charge in [0.05, 0.1) is 22.9 Å². The van der Waals surface area contributed by atoms with Crippen molar-refractivity contribution in [1.29, 1.82) is 5.26 Å². The summed E-state index contributed by atoms with van der Waals surface area (Å²) in [5, 5.41) is 24.5. The van der Waals surface area contributed by atoms with Gasteiger partial charge < -0.3 is 15.7 Å². The van der Waals surface area contributed by atoms with Crippen molar-refractivity contribution in [3.63, 3.8) is 0 Å². The molecule has 1 aromatic heterocycles. The van der Waals surface area contributed by atoms with E-state index in [0.717, 1.165) is 12.1 Å². The Kier molecular flexibility index (Phi) is 4.12. The predicted molar refractivity (Wildman–Crippen MR) is 98.0 cm³/mol. The normalized spacial score (nSPS) is 12.2. The van der Waals surface area contributed by atoms with E-state index in [0.29, 0.717) is 28.3 Å². The topological polar surface area (TPSA) is 98.0 Å². The molecule has 1 aliphatic rings. The van der Waals surface area contributed by atoms with Gasteiger partial charge in [-0.25, -0.2) is 9.37 Å². The van der Waals surface area contributed by atoms with Crippen molar-refractivity contribution in [2.24, 2.45) is 0 Å². The Morgan fingerprint density at radius 2 is 2.04 bits per heavy atom. The first-order valence-electron chi connectivity index (χ1n) is 8.23. The smallest absolute Gasteiger partial charge is 0.200 e. The fourth-order valence-corrected chi connectivity index (χ4v) is 3.07. The molecule has 0 atom stereocenters. The lowest BCUT2D eigenvalue weighted by molar-refractivity contribution is 0.0995. The highest BCUT2D eigenvalue weighted by Crippen LogP contribution is 2.35. The summed E-state index contributed by atoms with van der Waals surface area (Å²) in [6, 6.07) is 10.4. The average Bonchev–Trinajstić information content (AvgIpc) is 2.81. The van der Waals surface area contributed by atoms with Gasteiger partial charge in [0.25, 0.3) is 0 Å². The van der Waals surface area contributed by atoms with Crippen LogP contribution in [0.1, 0.15) is 21.5 Å². The van der Waals surface area contributed by atoms with E-state index in [1.807, 2.05) is 6.07 Å². The molecule has 138 valence electrons. The third kappa shape index (κ3) is 2.99. The summed E-state index contributed by atoms with van der Waals surface area (Å²) >= 11 is 0. The lowest BCUT2D eigenvalue weighted by Crippen LogP contribution is -2.08. The van der Waals surface area contributed by atoms with Crippen LogP contribution in [-0.4, -0.2) is 15.9 Å². The summed E-state index contributed by atoms with van der Waals surface area (Å²) in [5.74, 6) is -3.38. The van der Waals surface area contributed by atoms with E-state index < -0.39 is 17.4 Å². The first-order valence-corrected chi connectivity index (χ1v) is 8.23. The highest BCUT2D eigenvalue weighted by molar-refractivity contribution is 6.09. The van der Waals surface area contributed by atoms with Crippen LogP contribution in [0.2, 0.25) is 0 Å². The zero-order valence-corrected chi connectivity index (χ0v) is 14.3. The number of benzene rings is 2. The SMILES string of the molecule is N#Cc1ccc2c(c1)CC(=O)c1c(Nc3cc(O)c(F)c(F)c3)ccnc1N2. The van der Waals surface area contributed by atoms with Crippen LogP contribution in [0.3, 0.4) is 0 Å². The lowest BCUT2D eigenvalue weighted by atomic mass is 10.0. The van der Waals surface area contributed by atoms with Gasteiger partial charge in [0.15, 0.2) is 23.2 Å². The number of aromatic nitrogens is 1. The molecule has 3 aromatic rings. The van der Waals surface area contributed by atoms with Gasteiger partial charge in [0, 0.05) is 36.1 Å². The van der Waals surface area contributed by atoms with E-state index in [9.17, 15) is 18.7 Å². The number of carbonyl (C=O) groups excluding carboxylic acids is 1. The van der Waals surface area contributed by atoms with E-state index in [4.69, 9.17) is 5.26 Å². The maximum absolute atomic E-state index is 13.6. The molecule has 0 bridgehead atoms. The summed E-state index contributed by atoms with van der Waals surface area (Å²) < 4.78 is 26.9. The Morgan fingerprint density at radius 1 is 1.21 bits per heavy atom. The molecule has 1 aliphatic heterocycles. The van der Waals surface area contributed by atoms with Crippen LogP contribution in [0.15, 0.2) is 42.6 Å². The summed E-state index contributed by atoms with van der Waals surface area (Å²) in [6.07, 6.45) is 1.49. The predicted octanol–water partition coefficient (Wildman–Crippen LogP) is 4.16. The molecule has 0 saturated heterocycles. The fourth-order valence-electron chi connectivity index (χ4n) is 3.07. The molecule has 0 amide bonds. The zero-order valence-electron chi connectivity index (χ0n) is 14.3. The molecule has 0 aliphatic carbocycles. The van der Waals surface area contributed by atoms with Crippen molar-refractivity contribution >= 4 is 28.7 Å². The quantitative estimate of drug-likeness (QED) is 0.619. The van der Waals surface area contributed by atoms with Crippen LogP contribution < -0.4 is 10.6 Å². The second-order valence-corrected chi connectivity index (χ2v) is 6.21. The van der Waals surface area contributed by atoms with Crippen molar-refractivity contribution < 1.29 is 18.7 Å². The Labute approximate surface area is 158 Å². The molecule has 0 unspecified atom stereocenters. The molecule has 8 heteroatoms. The first kappa shape index (κ1) is 17.4. The van der Waals surface area contributed by atoms with Crippen molar-refractivity contribution in [2.75, 3.05) is 10.6 Å². The molecular weight excluding hydrogens is 366 g/mol. The number of anilines is 4. The molecule has 28 heavy (non-hydrogen) atoms. The molecule has 0 radical (unpaired) electrons. The van der Waals surface area contributed by atoms with E-state index >= 15 is 0 Å². The fraction of sp³-hybridized carbons (Fsp3) is 0.0500. The minimum Gasteiger partial charge on any atom is -0.505 e. The minimum absolute atomic E-state index is 0.0360. The largest absolute Gasteiger partial charge is 0.505 e. The van der Waals surface area contributed by atoms with Crippen LogP contribution in [-0.2, 0) is 6.42 Å². The summed E-state index contributed by atoms with van der Waals surface area (Å²) in [7, 11) is 0. The zero-order chi connectivity index (χ0) is 19.8. The second-order valence-electron chi connectivity index (χ2n) is 6.21. The van der Waals surface area contributed by atoms with Crippen LogP contribution >= 0.6 is 0 Å².